The van der Waals surface area contributed by atoms with Crippen LogP contribution in [0.25, 0.3) is 21.9 Å². The van der Waals surface area contributed by atoms with E-state index in [1.807, 2.05) is 30.3 Å². The maximum Gasteiger partial charge on any atom is 0.136 e. The van der Waals surface area contributed by atoms with Crippen LogP contribution in [0.15, 0.2) is 40.8 Å². The van der Waals surface area contributed by atoms with Crippen molar-refractivity contribution >= 4 is 56.1 Å². The summed E-state index contributed by atoms with van der Waals surface area (Å²) in [6.07, 6.45) is 0. The van der Waals surface area contributed by atoms with E-state index in [2.05, 4.69) is 28.7 Å². The van der Waals surface area contributed by atoms with Crippen molar-refractivity contribution in [1.29, 1.82) is 0 Å². The molecule has 0 unspecified atom stereocenters. The van der Waals surface area contributed by atoms with E-state index in [0.29, 0.717) is 5.02 Å². The SMILES string of the molecule is Clc1ccc2c(c1)oc1ccc(I)cc12. The molecule has 0 bridgehead atoms. The molecule has 0 aliphatic carbocycles. The molecular weight excluding hydrogens is 322 g/mol. The number of halogens is 2. The lowest BCUT2D eigenvalue weighted by atomic mass is 10.2. The minimum absolute atomic E-state index is 0.705. The maximum absolute atomic E-state index is 5.92. The van der Waals surface area contributed by atoms with Gasteiger partial charge in [-0.3, -0.25) is 0 Å². The molecule has 0 radical (unpaired) electrons. The molecule has 0 aliphatic rings. The Labute approximate surface area is 105 Å². The third-order valence-electron chi connectivity index (χ3n) is 2.40. The number of hydrogen-bond donors (Lipinski definition) is 0. The van der Waals surface area contributed by atoms with Gasteiger partial charge in [0.2, 0.25) is 0 Å². The van der Waals surface area contributed by atoms with Crippen LogP contribution in [0.4, 0.5) is 0 Å². The van der Waals surface area contributed by atoms with Gasteiger partial charge in [0, 0.05) is 25.4 Å². The molecule has 0 fully saturated rings. The number of hydrogen-bond acceptors (Lipinski definition) is 1. The first-order valence-electron chi connectivity index (χ1n) is 4.51. The molecule has 0 N–H and O–H groups in total. The highest BCUT2D eigenvalue weighted by Crippen LogP contribution is 2.31. The van der Waals surface area contributed by atoms with Crippen LogP contribution in [0.1, 0.15) is 0 Å². The van der Waals surface area contributed by atoms with Gasteiger partial charge < -0.3 is 4.42 Å². The third kappa shape index (κ3) is 1.52. The first-order valence-corrected chi connectivity index (χ1v) is 5.97. The first-order chi connectivity index (χ1) is 7.24. The molecule has 3 rings (SSSR count). The zero-order chi connectivity index (χ0) is 10.4. The molecule has 0 atom stereocenters. The molecule has 0 saturated carbocycles. The summed E-state index contributed by atoms with van der Waals surface area (Å²) in [6.45, 7) is 0. The molecule has 0 spiro atoms. The molecule has 0 amide bonds. The average Bonchev–Trinajstić information content (AvgIpc) is 2.54. The van der Waals surface area contributed by atoms with Crippen LogP contribution in [0, 0.1) is 3.57 Å². The summed E-state index contributed by atoms with van der Waals surface area (Å²) in [5.74, 6) is 0. The van der Waals surface area contributed by atoms with Crippen LogP contribution in [0.3, 0.4) is 0 Å². The number of rotatable bonds is 0. The summed E-state index contributed by atoms with van der Waals surface area (Å²) >= 11 is 8.21. The van der Waals surface area contributed by atoms with Crippen molar-refractivity contribution in [3.05, 3.63) is 45.0 Å². The molecule has 1 aromatic heterocycles. The maximum atomic E-state index is 5.92. The van der Waals surface area contributed by atoms with Gasteiger partial charge in [0.1, 0.15) is 11.2 Å². The fraction of sp³-hybridized carbons (Fsp3) is 0. The summed E-state index contributed by atoms with van der Waals surface area (Å²) in [5.41, 5.74) is 1.76. The highest BCUT2D eigenvalue weighted by atomic mass is 127. The molecule has 1 nitrogen and oxygen atoms in total. The molecule has 74 valence electrons. The molecule has 0 saturated heterocycles. The van der Waals surface area contributed by atoms with Crippen LogP contribution < -0.4 is 0 Å². The Kier molecular flexibility index (Phi) is 2.14. The van der Waals surface area contributed by atoms with Gasteiger partial charge in [-0.2, -0.15) is 0 Å². The van der Waals surface area contributed by atoms with Crippen molar-refractivity contribution in [2.24, 2.45) is 0 Å². The van der Waals surface area contributed by atoms with E-state index in [9.17, 15) is 0 Å². The molecule has 3 heteroatoms. The molecular formula is C12H6ClIO. The lowest BCUT2D eigenvalue weighted by Crippen LogP contribution is -1.69. The highest BCUT2D eigenvalue weighted by molar-refractivity contribution is 14.1. The molecule has 15 heavy (non-hydrogen) atoms. The minimum Gasteiger partial charge on any atom is -0.456 e. The van der Waals surface area contributed by atoms with Gasteiger partial charge in [0.15, 0.2) is 0 Å². The van der Waals surface area contributed by atoms with E-state index in [0.717, 1.165) is 21.9 Å². The van der Waals surface area contributed by atoms with Crippen LogP contribution in [0.5, 0.6) is 0 Å². The zero-order valence-corrected chi connectivity index (χ0v) is 10.5. The van der Waals surface area contributed by atoms with Gasteiger partial charge in [-0.05, 0) is 52.9 Å². The average molecular weight is 329 g/mol. The fourth-order valence-corrected chi connectivity index (χ4v) is 2.38. The van der Waals surface area contributed by atoms with Crippen molar-refractivity contribution in [2.75, 3.05) is 0 Å². The quantitative estimate of drug-likeness (QED) is 0.538. The highest BCUT2D eigenvalue weighted by Gasteiger charge is 2.06. The molecule has 3 aromatic rings. The summed E-state index contributed by atoms with van der Waals surface area (Å²) in [6, 6.07) is 11.9. The number of fused-ring (bicyclic) bond motifs is 3. The Morgan fingerprint density at radius 2 is 1.80 bits per heavy atom. The lowest BCUT2D eigenvalue weighted by molar-refractivity contribution is 0.669. The Morgan fingerprint density at radius 1 is 0.933 bits per heavy atom. The van der Waals surface area contributed by atoms with E-state index in [1.165, 1.54) is 3.57 Å². The molecule has 1 heterocycles. The number of benzene rings is 2. The third-order valence-corrected chi connectivity index (χ3v) is 3.30. The fourth-order valence-electron chi connectivity index (χ4n) is 1.72. The van der Waals surface area contributed by atoms with E-state index >= 15 is 0 Å². The van der Waals surface area contributed by atoms with Crippen LogP contribution >= 0.6 is 34.2 Å². The minimum atomic E-state index is 0.705. The second kappa shape index (κ2) is 3.39. The number of furan rings is 1. The lowest BCUT2D eigenvalue weighted by Gasteiger charge is -1.90. The summed E-state index contributed by atoms with van der Waals surface area (Å²) in [4.78, 5) is 0. The van der Waals surface area contributed by atoms with Gasteiger partial charge in [-0.1, -0.05) is 11.6 Å². The van der Waals surface area contributed by atoms with E-state index < -0.39 is 0 Å². The van der Waals surface area contributed by atoms with Gasteiger partial charge in [0.05, 0.1) is 0 Å². The van der Waals surface area contributed by atoms with Gasteiger partial charge in [-0.25, -0.2) is 0 Å². The second-order valence-electron chi connectivity index (χ2n) is 3.38. The summed E-state index contributed by atoms with van der Waals surface area (Å²) in [7, 11) is 0. The van der Waals surface area contributed by atoms with Crippen molar-refractivity contribution in [2.45, 2.75) is 0 Å². The topological polar surface area (TPSA) is 13.1 Å². The second-order valence-corrected chi connectivity index (χ2v) is 5.07. The Morgan fingerprint density at radius 3 is 2.67 bits per heavy atom. The predicted molar refractivity (Wildman–Crippen MR) is 71.4 cm³/mol. The summed E-state index contributed by atoms with van der Waals surface area (Å²) in [5, 5.41) is 2.97. The smallest absolute Gasteiger partial charge is 0.136 e. The van der Waals surface area contributed by atoms with Crippen molar-refractivity contribution in [3.63, 3.8) is 0 Å². The normalized spacial score (nSPS) is 11.3. The molecule has 2 aromatic carbocycles. The Bertz CT molecular complexity index is 657. The first kappa shape index (κ1) is 9.48. The van der Waals surface area contributed by atoms with E-state index in [1.54, 1.807) is 0 Å². The summed E-state index contributed by atoms with van der Waals surface area (Å²) < 4.78 is 6.91. The van der Waals surface area contributed by atoms with Crippen LogP contribution in [0.2, 0.25) is 5.02 Å². The standard InChI is InChI=1S/C12H6ClIO/c13-7-1-3-9-10-6-8(14)2-4-11(10)15-12(9)5-7/h1-6H. The van der Waals surface area contributed by atoms with Crippen molar-refractivity contribution in [3.8, 4) is 0 Å². The van der Waals surface area contributed by atoms with Crippen LogP contribution in [-0.2, 0) is 0 Å². The Hall–Kier alpha value is -0.740. The van der Waals surface area contributed by atoms with Crippen LogP contribution in [-0.4, -0.2) is 0 Å². The van der Waals surface area contributed by atoms with E-state index in [-0.39, 0.29) is 0 Å². The zero-order valence-electron chi connectivity index (χ0n) is 7.63. The largest absolute Gasteiger partial charge is 0.456 e. The van der Waals surface area contributed by atoms with E-state index in [4.69, 9.17) is 16.0 Å². The predicted octanol–water partition coefficient (Wildman–Crippen LogP) is 4.84. The van der Waals surface area contributed by atoms with Crippen molar-refractivity contribution < 1.29 is 4.42 Å². The van der Waals surface area contributed by atoms with Gasteiger partial charge >= 0.3 is 0 Å². The van der Waals surface area contributed by atoms with Gasteiger partial charge in [0.25, 0.3) is 0 Å². The monoisotopic (exact) mass is 328 g/mol. The van der Waals surface area contributed by atoms with Gasteiger partial charge in [-0.15, -0.1) is 0 Å². The van der Waals surface area contributed by atoms with Crippen molar-refractivity contribution in [1.82, 2.24) is 0 Å². The Balaban J connectivity index is 2.53. The molecule has 0 aliphatic heterocycles.